The topological polar surface area (TPSA) is 65.4 Å². The van der Waals surface area contributed by atoms with E-state index in [1.807, 2.05) is 32.0 Å². The molecule has 0 aliphatic heterocycles. The smallest absolute Gasteiger partial charge is 0.411 e. The molecular formula is C22H22F3N3O3. The number of aryl methyl sites for hydroxylation is 2. The number of amides is 1. The van der Waals surface area contributed by atoms with Crippen LogP contribution in [0.3, 0.4) is 0 Å². The molecule has 0 bridgehead atoms. The van der Waals surface area contributed by atoms with E-state index < -0.39 is 12.8 Å². The van der Waals surface area contributed by atoms with Crippen LogP contribution in [-0.4, -0.2) is 28.5 Å². The van der Waals surface area contributed by atoms with Crippen LogP contribution in [0.25, 0.3) is 0 Å². The first-order valence-electron chi connectivity index (χ1n) is 9.47. The Morgan fingerprint density at radius 1 is 1.10 bits per heavy atom. The van der Waals surface area contributed by atoms with E-state index in [0.29, 0.717) is 17.9 Å². The number of aromatic nitrogens is 2. The molecule has 0 fully saturated rings. The Hall–Kier alpha value is -3.33. The highest BCUT2D eigenvalue weighted by molar-refractivity contribution is 6.04. The maximum Gasteiger partial charge on any atom is 0.411 e. The summed E-state index contributed by atoms with van der Waals surface area (Å²) in [6.07, 6.45) is -1.68. The van der Waals surface area contributed by atoms with Gasteiger partial charge in [-0.05, 0) is 42.7 Å². The molecular weight excluding hydrogens is 411 g/mol. The van der Waals surface area contributed by atoms with Gasteiger partial charge in [-0.15, -0.1) is 0 Å². The van der Waals surface area contributed by atoms with Crippen LogP contribution in [0.2, 0.25) is 0 Å². The number of carbonyl (C=O) groups is 1. The van der Waals surface area contributed by atoms with Gasteiger partial charge in [-0.1, -0.05) is 30.3 Å². The van der Waals surface area contributed by atoms with Gasteiger partial charge >= 0.3 is 6.18 Å². The molecule has 0 radical (unpaired) electrons. The van der Waals surface area contributed by atoms with Crippen molar-refractivity contribution in [3.05, 3.63) is 77.1 Å². The number of anilines is 1. The van der Waals surface area contributed by atoms with Crippen molar-refractivity contribution < 1.29 is 27.4 Å². The number of hydrogen-bond acceptors (Lipinski definition) is 4. The van der Waals surface area contributed by atoms with E-state index in [0.717, 1.165) is 27.1 Å². The number of benzene rings is 2. The Morgan fingerprint density at radius 3 is 2.42 bits per heavy atom. The average Bonchev–Trinajstić information content (AvgIpc) is 3.14. The molecule has 9 heteroatoms. The zero-order chi connectivity index (χ0) is 22.4. The number of nitrogens with one attached hydrogen (secondary N) is 1. The van der Waals surface area contributed by atoms with Gasteiger partial charge in [0.1, 0.15) is 25.7 Å². The van der Waals surface area contributed by atoms with E-state index in [1.54, 1.807) is 24.3 Å². The van der Waals surface area contributed by atoms with Gasteiger partial charge in [0, 0.05) is 5.56 Å². The summed E-state index contributed by atoms with van der Waals surface area (Å²) in [6, 6.07) is 12.9. The van der Waals surface area contributed by atoms with Crippen molar-refractivity contribution in [2.24, 2.45) is 0 Å². The highest BCUT2D eigenvalue weighted by Gasteiger charge is 2.27. The molecule has 0 saturated heterocycles. The van der Waals surface area contributed by atoms with E-state index >= 15 is 0 Å². The van der Waals surface area contributed by atoms with Crippen molar-refractivity contribution in [2.75, 3.05) is 11.9 Å². The fourth-order valence-corrected chi connectivity index (χ4v) is 2.89. The summed E-state index contributed by atoms with van der Waals surface area (Å²) in [5, 5.41) is 6.50. The fourth-order valence-electron chi connectivity index (χ4n) is 2.89. The molecule has 31 heavy (non-hydrogen) atoms. The van der Waals surface area contributed by atoms with Gasteiger partial charge in [-0.2, -0.15) is 18.3 Å². The highest BCUT2D eigenvalue weighted by atomic mass is 19.4. The minimum atomic E-state index is -4.40. The first-order valence-corrected chi connectivity index (χ1v) is 9.47. The quantitative estimate of drug-likeness (QED) is 0.551. The van der Waals surface area contributed by atoms with Crippen LogP contribution < -0.4 is 10.1 Å². The number of alkyl halides is 3. The maximum absolute atomic E-state index is 12.4. The standard InChI is InChI=1S/C22H22F3N3O3/c1-15-4-3-5-16(2)20(15)31-12-17-6-8-18(9-7-17)21(29)27-19-10-26-28(11-19)14-30-13-22(23,24)25/h3-11H,12-14H2,1-2H3,(H,27,29). The number of rotatable bonds is 8. The number of halogens is 3. The zero-order valence-electron chi connectivity index (χ0n) is 17.1. The van der Waals surface area contributed by atoms with Crippen molar-refractivity contribution in [3.8, 4) is 5.75 Å². The molecule has 6 nitrogen and oxygen atoms in total. The molecule has 1 heterocycles. The lowest BCUT2D eigenvalue weighted by Gasteiger charge is -2.12. The lowest BCUT2D eigenvalue weighted by atomic mass is 10.1. The predicted molar refractivity (Wildman–Crippen MR) is 109 cm³/mol. The first kappa shape index (κ1) is 22.4. The van der Waals surface area contributed by atoms with Crippen molar-refractivity contribution >= 4 is 11.6 Å². The summed E-state index contributed by atoms with van der Waals surface area (Å²) >= 11 is 0. The summed E-state index contributed by atoms with van der Waals surface area (Å²) in [5.74, 6) is 0.485. The van der Waals surface area contributed by atoms with Crippen molar-refractivity contribution in [2.45, 2.75) is 33.4 Å². The molecule has 1 aromatic heterocycles. The summed E-state index contributed by atoms with van der Waals surface area (Å²) < 4.78 is 47.9. The van der Waals surface area contributed by atoms with Crippen molar-refractivity contribution in [1.29, 1.82) is 0 Å². The second-order valence-corrected chi connectivity index (χ2v) is 7.02. The van der Waals surface area contributed by atoms with E-state index in [-0.39, 0.29) is 12.6 Å². The van der Waals surface area contributed by atoms with Crippen LogP contribution in [0.4, 0.5) is 18.9 Å². The normalized spacial score (nSPS) is 11.4. The molecule has 0 aliphatic carbocycles. The van der Waals surface area contributed by atoms with E-state index in [9.17, 15) is 18.0 Å². The van der Waals surface area contributed by atoms with Gasteiger partial charge in [0.2, 0.25) is 0 Å². The minimum absolute atomic E-state index is 0.350. The van der Waals surface area contributed by atoms with Gasteiger partial charge in [-0.25, -0.2) is 4.68 Å². The number of carbonyl (C=O) groups excluding carboxylic acids is 1. The number of hydrogen-bond donors (Lipinski definition) is 1. The van der Waals surface area contributed by atoms with Crippen LogP contribution in [0, 0.1) is 13.8 Å². The molecule has 1 N–H and O–H groups in total. The van der Waals surface area contributed by atoms with Gasteiger partial charge in [0.05, 0.1) is 18.1 Å². The Morgan fingerprint density at radius 2 is 1.77 bits per heavy atom. The summed E-state index contributed by atoms with van der Waals surface area (Å²) in [6.45, 7) is 2.61. The summed E-state index contributed by atoms with van der Waals surface area (Å²) in [7, 11) is 0. The minimum Gasteiger partial charge on any atom is -0.488 e. The Kier molecular flexibility index (Phi) is 6.96. The lowest BCUT2D eigenvalue weighted by Crippen LogP contribution is -2.18. The van der Waals surface area contributed by atoms with Crippen LogP contribution in [0.1, 0.15) is 27.0 Å². The zero-order valence-corrected chi connectivity index (χ0v) is 17.1. The van der Waals surface area contributed by atoms with Crippen LogP contribution in [0.15, 0.2) is 54.9 Å². The second kappa shape index (κ2) is 9.65. The highest BCUT2D eigenvalue weighted by Crippen LogP contribution is 2.23. The number of para-hydroxylation sites is 1. The van der Waals surface area contributed by atoms with Gasteiger partial charge in [0.15, 0.2) is 0 Å². The Balaban J connectivity index is 1.52. The van der Waals surface area contributed by atoms with Crippen LogP contribution in [0.5, 0.6) is 5.75 Å². The average molecular weight is 433 g/mol. The van der Waals surface area contributed by atoms with Crippen molar-refractivity contribution in [1.82, 2.24) is 9.78 Å². The summed E-state index contributed by atoms with van der Waals surface area (Å²) in [4.78, 5) is 12.4. The molecule has 0 saturated carbocycles. The molecule has 3 rings (SSSR count). The number of nitrogens with zero attached hydrogens (tertiary/aromatic N) is 2. The van der Waals surface area contributed by atoms with E-state index in [4.69, 9.17) is 4.74 Å². The third-order valence-corrected chi connectivity index (χ3v) is 4.39. The third-order valence-electron chi connectivity index (χ3n) is 4.39. The Bertz CT molecular complexity index is 1010. The van der Waals surface area contributed by atoms with E-state index in [1.165, 1.54) is 12.4 Å². The molecule has 3 aromatic rings. The summed E-state index contributed by atoms with van der Waals surface area (Å²) in [5.41, 5.74) is 3.80. The Labute approximate surface area is 177 Å². The van der Waals surface area contributed by atoms with Gasteiger partial charge in [-0.3, -0.25) is 4.79 Å². The SMILES string of the molecule is Cc1cccc(C)c1OCc1ccc(C(=O)Nc2cnn(COCC(F)(F)F)c2)cc1. The number of ether oxygens (including phenoxy) is 2. The maximum atomic E-state index is 12.4. The molecule has 1 amide bonds. The second-order valence-electron chi connectivity index (χ2n) is 7.02. The van der Waals surface area contributed by atoms with E-state index in [2.05, 4.69) is 15.2 Å². The monoisotopic (exact) mass is 433 g/mol. The third kappa shape index (κ3) is 6.58. The molecule has 0 atom stereocenters. The van der Waals surface area contributed by atoms with Gasteiger partial charge < -0.3 is 14.8 Å². The molecule has 2 aromatic carbocycles. The molecule has 0 unspecified atom stereocenters. The van der Waals surface area contributed by atoms with Crippen LogP contribution in [-0.2, 0) is 18.1 Å². The largest absolute Gasteiger partial charge is 0.488 e. The molecule has 164 valence electrons. The first-order chi connectivity index (χ1) is 14.7. The fraction of sp³-hybridized carbons (Fsp3) is 0.273. The van der Waals surface area contributed by atoms with Crippen LogP contribution >= 0.6 is 0 Å². The van der Waals surface area contributed by atoms with Gasteiger partial charge in [0.25, 0.3) is 5.91 Å². The van der Waals surface area contributed by atoms with Crippen molar-refractivity contribution in [3.63, 3.8) is 0 Å². The molecule has 0 spiro atoms. The predicted octanol–water partition coefficient (Wildman–Crippen LogP) is 4.87. The lowest BCUT2D eigenvalue weighted by molar-refractivity contribution is -0.182. The molecule has 0 aliphatic rings.